The Bertz CT molecular complexity index is 299. The van der Waals surface area contributed by atoms with Crippen molar-refractivity contribution in [3.8, 4) is 0 Å². The first-order valence-corrected chi connectivity index (χ1v) is 5.52. The monoisotopic (exact) mass is 227 g/mol. The molecule has 3 nitrogen and oxygen atoms in total. The molecule has 0 unspecified atom stereocenters. The summed E-state index contributed by atoms with van der Waals surface area (Å²) in [5.41, 5.74) is -0.258. The summed E-state index contributed by atoms with van der Waals surface area (Å²) in [6.07, 6.45) is -4.77. The minimum atomic E-state index is -4.77. The summed E-state index contributed by atoms with van der Waals surface area (Å²) in [6.45, 7) is 0.216. The van der Waals surface area contributed by atoms with Crippen molar-refractivity contribution in [2.45, 2.75) is 6.18 Å². The molecule has 0 atom stereocenters. The topological polar surface area (TPSA) is 37.4 Å². The molecule has 0 bridgehead atoms. The molecule has 1 amide bonds. The number of halogens is 3. The highest BCUT2D eigenvalue weighted by Crippen LogP contribution is 2.40. The summed E-state index contributed by atoms with van der Waals surface area (Å²) >= 11 is 0. The minimum Gasteiger partial charge on any atom is -0.334 e. The molecule has 2 saturated heterocycles. The van der Waals surface area contributed by atoms with E-state index in [0.29, 0.717) is 11.5 Å². The summed E-state index contributed by atoms with van der Waals surface area (Å²) in [4.78, 5) is 11.5. The van der Waals surface area contributed by atoms with Gasteiger partial charge in [0.25, 0.3) is 0 Å². The second-order valence-electron chi connectivity index (χ2n) is 3.89. The number of amides is 1. The fraction of sp³-hybridized carbons (Fsp3) is 0.857. The molecule has 0 aliphatic carbocycles. The van der Waals surface area contributed by atoms with Crippen molar-refractivity contribution >= 4 is 16.7 Å². The van der Waals surface area contributed by atoms with Crippen LogP contribution >= 0.6 is 0 Å². The number of nitrogens with zero attached hydrogens (tertiary/aromatic N) is 1. The largest absolute Gasteiger partial charge is 0.471 e. The summed E-state index contributed by atoms with van der Waals surface area (Å²) in [6, 6.07) is 0. The predicted molar refractivity (Wildman–Crippen MR) is 42.9 cm³/mol. The standard InChI is InChI=1S/C7H8F3NO2S/c8-7(9,10)5(12)11-1-6(2-11)3-14(13)4-6/h1-4H2. The van der Waals surface area contributed by atoms with Gasteiger partial charge in [0.1, 0.15) is 0 Å². The van der Waals surface area contributed by atoms with E-state index < -0.39 is 22.9 Å². The second kappa shape index (κ2) is 2.71. The number of likely N-dealkylation sites (tertiary alicyclic amines) is 1. The Morgan fingerprint density at radius 3 is 2.14 bits per heavy atom. The van der Waals surface area contributed by atoms with Gasteiger partial charge in [-0.2, -0.15) is 13.2 Å². The van der Waals surface area contributed by atoms with Crippen LogP contribution in [0.4, 0.5) is 13.2 Å². The fourth-order valence-electron chi connectivity index (χ4n) is 1.91. The molecule has 0 radical (unpaired) electrons. The first-order chi connectivity index (χ1) is 6.32. The third-order valence-electron chi connectivity index (χ3n) is 2.52. The van der Waals surface area contributed by atoms with Gasteiger partial charge >= 0.3 is 12.1 Å². The van der Waals surface area contributed by atoms with Crippen LogP contribution < -0.4 is 0 Å². The van der Waals surface area contributed by atoms with Crippen LogP contribution in [0.3, 0.4) is 0 Å². The molecular formula is C7H8F3NO2S. The predicted octanol–water partition coefficient (Wildman–Crippen LogP) is 0.140. The lowest BCUT2D eigenvalue weighted by molar-refractivity contribution is -0.195. The highest BCUT2D eigenvalue weighted by molar-refractivity contribution is 7.86. The number of hydrogen-bond donors (Lipinski definition) is 0. The first-order valence-electron chi connectivity index (χ1n) is 4.04. The van der Waals surface area contributed by atoms with Crippen molar-refractivity contribution < 1.29 is 22.2 Å². The Labute approximate surface area is 80.7 Å². The fourth-order valence-corrected chi connectivity index (χ4v) is 3.56. The number of rotatable bonds is 0. The summed E-state index contributed by atoms with van der Waals surface area (Å²) in [5.74, 6) is -0.899. The normalized spacial score (nSPS) is 25.8. The van der Waals surface area contributed by atoms with Gasteiger partial charge in [-0.15, -0.1) is 0 Å². The quantitative estimate of drug-likeness (QED) is 0.590. The van der Waals surface area contributed by atoms with Crippen LogP contribution in [0, 0.1) is 5.41 Å². The van der Waals surface area contributed by atoms with E-state index in [1.165, 1.54) is 0 Å². The lowest BCUT2D eigenvalue weighted by Crippen LogP contribution is -2.69. The third-order valence-corrected chi connectivity index (χ3v) is 4.39. The molecule has 2 aliphatic heterocycles. The lowest BCUT2D eigenvalue weighted by Gasteiger charge is -2.54. The van der Waals surface area contributed by atoms with Crippen LogP contribution in [0.5, 0.6) is 0 Å². The van der Waals surface area contributed by atoms with E-state index in [4.69, 9.17) is 0 Å². The molecule has 0 aromatic carbocycles. The Morgan fingerprint density at radius 2 is 1.79 bits per heavy atom. The molecule has 2 heterocycles. The van der Waals surface area contributed by atoms with Crippen molar-refractivity contribution in [3.05, 3.63) is 0 Å². The first kappa shape index (κ1) is 9.95. The third kappa shape index (κ3) is 1.43. The van der Waals surface area contributed by atoms with Gasteiger partial charge < -0.3 is 4.90 Å². The molecule has 0 aromatic heterocycles. The molecule has 2 rings (SSSR count). The van der Waals surface area contributed by atoms with Crippen molar-refractivity contribution in [1.29, 1.82) is 0 Å². The highest BCUT2D eigenvalue weighted by atomic mass is 32.2. The van der Waals surface area contributed by atoms with Crippen LogP contribution in [0.2, 0.25) is 0 Å². The molecule has 1 spiro atoms. The van der Waals surface area contributed by atoms with Gasteiger partial charge in [-0.25, -0.2) is 0 Å². The zero-order valence-electron chi connectivity index (χ0n) is 7.13. The van der Waals surface area contributed by atoms with Crippen LogP contribution in [0.1, 0.15) is 0 Å². The van der Waals surface area contributed by atoms with E-state index in [9.17, 15) is 22.2 Å². The number of carbonyl (C=O) groups excluding carboxylic acids is 1. The summed E-state index contributed by atoms with van der Waals surface area (Å²) in [5, 5.41) is 0. The second-order valence-corrected chi connectivity index (χ2v) is 5.34. The number of hydrogen-bond acceptors (Lipinski definition) is 2. The highest BCUT2D eigenvalue weighted by Gasteiger charge is 2.57. The van der Waals surface area contributed by atoms with Crippen LogP contribution in [-0.2, 0) is 15.6 Å². The van der Waals surface area contributed by atoms with Crippen molar-refractivity contribution in [1.82, 2.24) is 4.90 Å². The van der Waals surface area contributed by atoms with Gasteiger partial charge in [0.15, 0.2) is 0 Å². The van der Waals surface area contributed by atoms with Crippen LogP contribution in [0.25, 0.3) is 0 Å². The molecule has 2 aliphatic rings. The maximum absolute atomic E-state index is 11.9. The van der Waals surface area contributed by atoms with E-state index in [2.05, 4.69) is 0 Å². The van der Waals surface area contributed by atoms with E-state index in [0.717, 1.165) is 4.90 Å². The van der Waals surface area contributed by atoms with Crippen molar-refractivity contribution in [2.75, 3.05) is 24.6 Å². The summed E-state index contributed by atoms with van der Waals surface area (Å²) in [7, 11) is -0.879. The maximum Gasteiger partial charge on any atom is 0.471 e. The van der Waals surface area contributed by atoms with Crippen LogP contribution in [-0.4, -0.2) is 45.8 Å². The zero-order valence-corrected chi connectivity index (χ0v) is 7.95. The molecular weight excluding hydrogens is 219 g/mol. The van der Waals surface area contributed by atoms with Crippen molar-refractivity contribution in [2.24, 2.45) is 5.41 Å². The molecule has 2 fully saturated rings. The van der Waals surface area contributed by atoms with Gasteiger partial charge in [-0.05, 0) is 0 Å². The zero-order chi connectivity index (χ0) is 10.6. The maximum atomic E-state index is 11.9. The van der Waals surface area contributed by atoms with E-state index in [1.54, 1.807) is 0 Å². The smallest absolute Gasteiger partial charge is 0.334 e. The SMILES string of the molecule is O=C(N1CC2(C1)CS(=O)C2)C(F)(F)F. The Balaban J connectivity index is 1.89. The Kier molecular flexibility index (Phi) is 1.93. The summed E-state index contributed by atoms with van der Waals surface area (Å²) < 4.78 is 46.5. The van der Waals surface area contributed by atoms with Crippen molar-refractivity contribution in [3.63, 3.8) is 0 Å². The molecule has 7 heteroatoms. The Hall–Kier alpha value is -0.590. The van der Waals surface area contributed by atoms with E-state index in [-0.39, 0.29) is 18.5 Å². The average molecular weight is 227 g/mol. The van der Waals surface area contributed by atoms with Gasteiger partial charge in [-0.1, -0.05) is 0 Å². The lowest BCUT2D eigenvalue weighted by atomic mass is 9.83. The van der Waals surface area contributed by atoms with Crippen LogP contribution in [0.15, 0.2) is 0 Å². The van der Waals surface area contributed by atoms with E-state index >= 15 is 0 Å². The number of alkyl halides is 3. The van der Waals surface area contributed by atoms with Gasteiger partial charge in [0.2, 0.25) is 0 Å². The Morgan fingerprint density at radius 1 is 1.29 bits per heavy atom. The molecule has 14 heavy (non-hydrogen) atoms. The number of carbonyl (C=O) groups is 1. The van der Waals surface area contributed by atoms with E-state index in [1.807, 2.05) is 0 Å². The molecule has 80 valence electrons. The molecule has 0 saturated carbocycles. The van der Waals surface area contributed by atoms with Gasteiger partial charge in [-0.3, -0.25) is 9.00 Å². The van der Waals surface area contributed by atoms with Gasteiger partial charge in [0.05, 0.1) is 0 Å². The molecule has 0 N–H and O–H groups in total. The minimum absolute atomic E-state index is 0.108. The molecule has 0 aromatic rings. The average Bonchev–Trinajstić information content (AvgIpc) is 1.90. The van der Waals surface area contributed by atoms with Gasteiger partial charge in [0, 0.05) is 40.8 Å².